The summed E-state index contributed by atoms with van der Waals surface area (Å²) < 4.78 is 0. The van der Waals surface area contributed by atoms with Gasteiger partial charge in [0.2, 0.25) is 0 Å². The van der Waals surface area contributed by atoms with E-state index in [2.05, 4.69) is 24.9 Å². The summed E-state index contributed by atoms with van der Waals surface area (Å²) in [4.78, 5) is 4.16. The normalized spacial score (nSPS) is 30.1. The van der Waals surface area contributed by atoms with Crippen LogP contribution in [0.25, 0.3) is 0 Å². The third-order valence-electron chi connectivity index (χ3n) is 4.31. The highest BCUT2D eigenvalue weighted by atomic mass is 14.7. The molecule has 0 aliphatic heterocycles. The molecule has 1 saturated carbocycles. The summed E-state index contributed by atoms with van der Waals surface area (Å²) in [6, 6.07) is 4.51. The van der Waals surface area contributed by atoms with Crippen molar-refractivity contribution < 1.29 is 0 Å². The number of nitrogens with zero attached hydrogens (tertiary/aromatic N) is 1. The predicted molar refractivity (Wildman–Crippen MR) is 76.2 cm³/mol. The number of aromatic nitrogens is 1. The van der Waals surface area contributed by atoms with Crippen LogP contribution in [-0.2, 0) is 6.42 Å². The van der Waals surface area contributed by atoms with E-state index in [0.29, 0.717) is 6.04 Å². The standard InChI is InChI=1S/C16H26N2/c1-12-8-13(2)10-15(9-12)16(17)6-5-14-4-3-7-18-11-14/h3-4,7,11-13,15-16H,5-6,8-10,17H2,1-2H3. The van der Waals surface area contributed by atoms with E-state index in [1.807, 2.05) is 18.5 Å². The van der Waals surface area contributed by atoms with E-state index in [9.17, 15) is 0 Å². The molecule has 3 atom stereocenters. The van der Waals surface area contributed by atoms with E-state index in [0.717, 1.165) is 30.6 Å². The molecule has 0 spiro atoms. The monoisotopic (exact) mass is 246 g/mol. The van der Waals surface area contributed by atoms with Crippen molar-refractivity contribution >= 4 is 0 Å². The molecule has 2 heteroatoms. The first-order valence-corrected chi connectivity index (χ1v) is 7.29. The fraction of sp³-hybridized carbons (Fsp3) is 0.688. The Hall–Kier alpha value is -0.890. The molecule has 1 aromatic rings. The highest BCUT2D eigenvalue weighted by Crippen LogP contribution is 2.35. The van der Waals surface area contributed by atoms with Crippen LogP contribution in [0.1, 0.15) is 45.1 Å². The van der Waals surface area contributed by atoms with Crippen LogP contribution in [0, 0.1) is 17.8 Å². The highest BCUT2D eigenvalue weighted by Gasteiger charge is 2.27. The first-order valence-electron chi connectivity index (χ1n) is 7.29. The van der Waals surface area contributed by atoms with Gasteiger partial charge in [-0.25, -0.2) is 0 Å². The summed E-state index contributed by atoms with van der Waals surface area (Å²) in [5.74, 6) is 2.42. The van der Waals surface area contributed by atoms with Gasteiger partial charge in [-0.05, 0) is 61.5 Å². The van der Waals surface area contributed by atoms with Crippen LogP contribution in [0.15, 0.2) is 24.5 Å². The molecule has 3 unspecified atom stereocenters. The molecule has 1 aliphatic carbocycles. The van der Waals surface area contributed by atoms with Gasteiger partial charge in [0, 0.05) is 18.4 Å². The molecule has 1 heterocycles. The van der Waals surface area contributed by atoms with Gasteiger partial charge in [-0.15, -0.1) is 0 Å². The molecule has 2 N–H and O–H groups in total. The van der Waals surface area contributed by atoms with E-state index in [4.69, 9.17) is 5.73 Å². The predicted octanol–water partition coefficient (Wildman–Crippen LogP) is 3.41. The Morgan fingerprint density at radius 1 is 1.28 bits per heavy atom. The summed E-state index contributed by atoms with van der Waals surface area (Å²) in [5.41, 5.74) is 7.71. The first kappa shape index (κ1) is 13.5. The number of aryl methyl sites for hydroxylation is 1. The van der Waals surface area contributed by atoms with Gasteiger partial charge in [0.1, 0.15) is 0 Å². The van der Waals surface area contributed by atoms with Crippen LogP contribution in [0.2, 0.25) is 0 Å². The molecular weight excluding hydrogens is 220 g/mol. The molecule has 1 aliphatic rings. The zero-order valence-corrected chi connectivity index (χ0v) is 11.7. The van der Waals surface area contributed by atoms with E-state index in [1.165, 1.54) is 24.8 Å². The van der Waals surface area contributed by atoms with Crippen molar-refractivity contribution in [3.05, 3.63) is 30.1 Å². The van der Waals surface area contributed by atoms with Gasteiger partial charge in [0.15, 0.2) is 0 Å². The Labute approximate surface area is 111 Å². The summed E-state index contributed by atoms with van der Waals surface area (Å²) in [5, 5.41) is 0. The van der Waals surface area contributed by atoms with Crippen LogP contribution in [0.3, 0.4) is 0 Å². The van der Waals surface area contributed by atoms with E-state index in [-0.39, 0.29) is 0 Å². The SMILES string of the molecule is CC1CC(C)CC(C(N)CCc2cccnc2)C1. The smallest absolute Gasteiger partial charge is 0.0299 e. The summed E-state index contributed by atoms with van der Waals surface area (Å²) in [7, 11) is 0. The van der Waals surface area contributed by atoms with Crippen LogP contribution in [0.4, 0.5) is 0 Å². The van der Waals surface area contributed by atoms with Crippen LogP contribution < -0.4 is 5.73 Å². The van der Waals surface area contributed by atoms with Gasteiger partial charge in [0.25, 0.3) is 0 Å². The second kappa shape index (κ2) is 6.33. The minimum atomic E-state index is 0.357. The number of hydrogen-bond acceptors (Lipinski definition) is 2. The van der Waals surface area contributed by atoms with Gasteiger partial charge in [0.05, 0.1) is 0 Å². The minimum absolute atomic E-state index is 0.357. The quantitative estimate of drug-likeness (QED) is 0.884. The number of nitrogens with two attached hydrogens (primary N) is 1. The van der Waals surface area contributed by atoms with Crippen molar-refractivity contribution in [1.82, 2.24) is 4.98 Å². The van der Waals surface area contributed by atoms with E-state index >= 15 is 0 Å². The number of pyridine rings is 1. The Balaban J connectivity index is 1.82. The van der Waals surface area contributed by atoms with Gasteiger partial charge in [-0.2, -0.15) is 0 Å². The zero-order valence-electron chi connectivity index (χ0n) is 11.7. The topological polar surface area (TPSA) is 38.9 Å². The second-order valence-corrected chi connectivity index (χ2v) is 6.24. The number of hydrogen-bond donors (Lipinski definition) is 1. The largest absolute Gasteiger partial charge is 0.327 e. The maximum Gasteiger partial charge on any atom is 0.0299 e. The fourth-order valence-corrected chi connectivity index (χ4v) is 3.47. The fourth-order valence-electron chi connectivity index (χ4n) is 3.47. The minimum Gasteiger partial charge on any atom is -0.327 e. The third kappa shape index (κ3) is 3.81. The van der Waals surface area contributed by atoms with Crippen molar-refractivity contribution in [2.45, 2.75) is 52.0 Å². The summed E-state index contributed by atoms with van der Waals surface area (Å²) in [6.45, 7) is 4.74. The molecule has 0 saturated heterocycles. The van der Waals surface area contributed by atoms with Gasteiger partial charge < -0.3 is 5.73 Å². The lowest BCUT2D eigenvalue weighted by Gasteiger charge is -2.35. The lowest BCUT2D eigenvalue weighted by Crippen LogP contribution is -2.35. The lowest BCUT2D eigenvalue weighted by atomic mass is 9.73. The van der Waals surface area contributed by atoms with Crippen molar-refractivity contribution in [3.8, 4) is 0 Å². The van der Waals surface area contributed by atoms with Crippen LogP contribution >= 0.6 is 0 Å². The molecule has 0 radical (unpaired) electrons. The van der Waals surface area contributed by atoms with Crippen LogP contribution in [-0.4, -0.2) is 11.0 Å². The molecule has 0 amide bonds. The van der Waals surface area contributed by atoms with Gasteiger partial charge in [-0.1, -0.05) is 19.9 Å². The van der Waals surface area contributed by atoms with Gasteiger partial charge in [-0.3, -0.25) is 4.98 Å². The van der Waals surface area contributed by atoms with Crippen molar-refractivity contribution in [2.75, 3.05) is 0 Å². The maximum atomic E-state index is 6.40. The van der Waals surface area contributed by atoms with Crippen molar-refractivity contribution in [2.24, 2.45) is 23.5 Å². The Bertz CT molecular complexity index is 339. The molecular formula is C16H26N2. The number of rotatable bonds is 4. The zero-order chi connectivity index (χ0) is 13.0. The average molecular weight is 246 g/mol. The summed E-state index contributed by atoms with van der Waals surface area (Å²) >= 11 is 0. The molecule has 0 aromatic carbocycles. The first-order chi connectivity index (χ1) is 8.65. The molecule has 0 bridgehead atoms. The van der Waals surface area contributed by atoms with Crippen LogP contribution in [0.5, 0.6) is 0 Å². The molecule has 2 rings (SSSR count). The Morgan fingerprint density at radius 2 is 2.00 bits per heavy atom. The molecule has 1 aromatic heterocycles. The Kier molecular flexibility index (Phi) is 4.76. The van der Waals surface area contributed by atoms with Crippen molar-refractivity contribution in [1.29, 1.82) is 0 Å². The lowest BCUT2D eigenvalue weighted by molar-refractivity contribution is 0.188. The average Bonchev–Trinajstić information content (AvgIpc) is 2.36. The summed E-state index contributed by atoms with van der Waals surface area (Å²) in [6.07, 6.45) is 9.96. The molecule has 100 valence electrons. The van der Waals surface area contributed by atoms with Gasteiger partial charge >= 0.3 is 0 Å². The van der Waals surface area contributed by atoms with Crippen molar-refractivity contribution in [3.63, 3.8) is 0 Å². The molecule has 2 nitrogen and oxygen atoms in total. The maximum absolute atomic E-state index is 6.40. The Morgan fingerprint density at radius 3 is 2.61 bits per heavy atom. The third-order valence-corrected chi connectivity index (χ3v) is 4.31. The highest BCUT2D eigenvalue weighted by molar-refractivity contribution is 5.08. The van der Waals surface area contributed by atoms with E-state index in [1.54, 1.807) is 0 Å². The molecule has 18 heavy (non-hydrogen) atoms. The molecule has 1 fully saturated rings. The second-order valence-electron chi connectivity index (χ2n) is 6.24. The van der Waals surface area contributed by atoms with E-state index < -0.39 is 0 Å².